The number of hydrogen-bond donors (Lipinski definition) is 2. The number of urea groups is 1. The minimum atomic E-state index is -0.200. The standard InChI is InChI=1S/C20H25ClN2O2/c1-3-15(2)16-9-4-6-11-18(16)23-20(24)22-13-8-14-25-19-12-7-5-10-17(19)21/h4-7,9-12,15H,3,8,13-14H2,1-2H3,(H2,22,23,24). The number of nitrogens with one attached hydrogen (secondary N) is 2. The summed E-state index contributed by atoms with van der Waals surface area (Å²) in [4.78, 5) is 12.1. The summed E-state index contributed by atoms with van der Waals surface area (Å²) >= 11 is 6.03. The van der Waals surface area contributed by atoms with Crippen LogP contribution in [0, 0.1) is 0 Å². The molecule has 1 atom stereocenters. The van der Waals surface area contributed by atoms with Crippen LogP contribution >= 0.6 is 11.6 Å². The topological polar surface area (TPSA) is 50.4 Å². The van der Waals surface area contributed by atoms with Gasteiger partial charge in [0.25, 0.3) is 0 Å². The smallest absolute Gasteiger partial charge is 0.319 e. The quantitative estimate of drug-likeness (QED) is 0.615. The first kappa shape index (κ1) is 19.1. The van der Waals surface area contributed by atoms with E-state index in [9.17, 15) is 4.79 Å². The number of carbonyl (C=O) groups excluding carboxylic acids is 1. The Morgan fingerprint density at radius 1 is 1.16 bits per heavy atom. The van der Waals surface area contributed by atoms with Crippen molar-refractivity contribution < 1.29 is 9.53 Å². The molecular formula is C20H25ClN2O2. The zero-order valence-electron chi connectivity index (χ0n) is 14.7. The van der Waals surface area contributed by atoms with Crippen molar-refractivity contribution in [3.8, 4) is 5.75 Å². The Bertz CT molecular complexity index is 691. The third-order valence-corrected chi connectivity index (χ3v) is 4.37. The molecule has 2 N–H and O–H groups in total. The molecule has 2 aromatic carbocycles. The number of hydrogen-bond acceptors (Lipinski definition) is 2. The average molecular weight is 361 g/mol. The van der Waals surface area contributed by atoms with Crippen LogP contribution < -0.4 is 15.4 Å². The van der Waals surface area contributed by atoms with E-state index in [1.807, 2.05) is 36.4 Å². The fourth-order valence-corrected chi connectivity index (χ4v) is 2.64. The van der Waals surface area contributed by atoms with E-state index in [0.717, 1.165) is 17.7 Å². The lowest BCUT2D eigenvalue weighted by atomic mass is 9.97. The molecular weight excluding hydrogens is 336 g/mol. The van der Waals surface area contributed by atoms with Crippen LogP contribution in [0.1, 0.15) is 38.2 Å². The van der Waals surface area contributed by atoms with Crippen molar-refractivity contribution in [2.75, 3.05) is 18.5 Å². The molecule has 0 radical (unpaired) electrons. The van der Waals surface area contributed by atoms with Crippen molar-refractivity contribution >= 4 is 23.3 Å². The Kier molecular flexibility index (Phi) is 7.61. The maximum atomic E-state index is 12.1. The highest BCUT2D eigenvalue weighted by Gasteiger charge is 2.10. The van der Waals surface area contributed by atoms with Gasteiger partial charge < -0.3 is 15.4 Å². The van der Waals surface area contributed by atoms with Gasteiger partial charge in [-0.2, -0.15) is 0 Å². The van der Waals surface area contributed by atoms with Crippen LogP contribution in [-0.2, 0) is 0 Å². The molecule has 0 fully saturated rings. The van der Waals surface area contributed by atoms with E-state index in [1.54, 1.807) is 6.07 Å². The van der Waals surface area contributed by atoms with Gasteiger partial charge in [-0.25, -0.2) is 4.79 Å². The number of ether oxygens (including phenoxy) is 1. The molecule has 0 aromatic heterocycles. The minimum Gasteiger partial charge on any atom is -0.492 e. The van der Waals surface area contributed by atoms with Gasteiger partial charge in [-0.15, -0.1) is 0 Å². The fourth-order valence-electron chi connectivity index (χ4n) is 2.44. The lowest BCUT2D eigenvalue weighted by molar-refractivity contribution is 0.250. The van der Waals surface area contributed by atoms with E-state index in [4.69, 9.17) is 16.3 Å². The summed E-state index contributed by atoms with van der Waals surface area (Å²) in [5.74, 6) is 1.07. The molecule has 0 heterocycles. The average Bonchev–Trinajstić information content (AvgIpc) is 2.62. The predicted molar refractivity (Wildman–Crippen MR) is 104 cm³/mol. The van der Waals surface area contributed by atoms with Crippen LogP contribution in [0.4, 0.5) is 10.5 Å². The second-order valence-electron chi connectivity index (χ2n) is 5.91. The predicted octanol–water partition coefficient (Wildman–Crippen LogP) is 5.44. The molecule has 0 saturated heterocycles. The summed E-state index contributed by atoms with van der Waals surface area (Å²) in [6, 6.07) is 15.1. The Labute approximate surface area is 154 Å². The number of amides is 2. The largest absolute Gasteiger partial charge is 0.492 e. The molecule has 2 amide bonds. The molecule has 0 aliphatic rings. The van der Waals surface area contributed by atoms with Crippen LogP contribution in [0.25, 0.3) is 0 Å². The third-order valence-electron chi connectivity index (χ3n) is 4.05. The molecule has 0 bridgehead atoms. The number of anilines is 1. The number of para-hydroxylation sites is 2. The normalized spacial score (nSPS) is 11.6. The van der Waals surface area contributed by atoms with Crippen molar-refractivity contribution in [2.24, 2.45) is 0 Å². The van der Waals surface area contributed by atoms with Crippen LogP contribution in [0.5, 0.6) is 5.75 Å². The first-order valence-corrected chi connectivity index (χ1v) is 9.00. The lowest BCUT2D eigenvalue weighted by Gasteiger charge is -2.16. The Morgan fingerprint density at radius 2 is 1.88 bits per heavy atom. The lowest BCUT2D eigenvalue weighted by Crippen LogP contribution is -2.30. The molecule has 1 unspecified atom stereocenters. The molecule has 25 heavy (non-hydrogen) atoms. The minimum absolute atomic E-state index is 0.200. The summed E-state index contributed by atoms with van der Waals surface area (Å²) < 4.78 is 5.60. The van der Waals surface area contributed by atoms with Crippen LogP contribution in [0.2, 0.25) is 5.02 Å². The van der Waals surface area contributed by atoms with Gasteiger partial charge in [-0.05, 0) is 42.5 Å². The first-order chi connectivity index (χ1) is 12.1. The van der Waals surface area contributed by atoms with E-state index in [-0.39, 0.29) is 6.03 Å². The highest BCUT2D eigenvalue weighted by molar-refractivity contribution is 6.32. The van der Waals surface area contributed by atoms with Gasteiger partial charge in [0, 0.05) is 12.2 Å². The van der Waals surface area contributed by atoms with E-state index in [1.165, 1.54) is 0 Å². The Hall–Kier alpha value is -2.20. The van der Waals surface area contributed by atoms with Crippen molar-refractivity contribution in [3.63, 3.8) is 0 Å². The van der Waals surface area contributed by atoms with Crippen molar-refractivity contribution in [2.45, 2.75) is 32.6 Å². The maximum absolute atomic E-state index is 12.1. The molecule has 2 aromatic rings. The van der Waals surface area contributed by atoms with E-state index in [2.05, 4.69) is 30.5 Å². The zero-order chi connectivity index (χ0) is 18.1. The number of halogens is 1. The van der Waals surface area contributed by atoms with Gasteiger partial charge in [0.15, 0.2) is 0 Å². The number of benzene rings is 2. The SMILES string of the molecule is CCC(C)c1ccccc1NC(=O)NCCCOc1ccccc1Cl. The molecule has 0 spiro atoms. The van der Waals surface area contributed by atoms with Gasteiger partial charge in [0.05, 0.1) is 11.6 Å². The third kappa shape index (κ3) is 5.98. The van der Waals surface area contributed by atoms with Crippen molar-refractivity contribution in [1.82, 2.24) is 5.32 Å². The number of carbonyl (C=O) groups is 1. The molecule has 5 heteroatoms. The first-order valence-electron chi connectivity index (χ1n) is 8.63. The highest BCUT2D eigenvalue weighted by atomic mass is 35.5. The van der Waals surface area contributed by atoms with Crippen molar-refractivity contribution in [1.29, 1.82) is 0 Å². The van der Waals surface area contributed by atoms with Crippen molar-refractivity contribution in [3.05, 3.63) is 59.1 Å². The molecule has 0 aliphatic heterocycles. The highest BCUT2D eigenvalue weighted by Crippen LogP contribution is 2.26. The second kappa shape index (κ2) is 9.94. The number of rotatable bonds is 8. The molecule has 134 valence electrons. The summed E-state index contributed by atoms with van der Waals surface area (Å²) in [6.07, 6.45) is 1.73. The van der Waals surface area contributed by atoms with Crippen LogP contribution in [0.3, 0.4) is 0 Å². The summed E-state index contributed by atoms with van der Waals surface area (Å²) in [5, 5.41) is 6.38. The van der Waals surface area contributed by atoms with Gasteiger partial charge >= 0.3 is 6.03 Å². The zero-order valence-corrected chi connectivity index (χ0v) is 15.5. The monoisotopic (exact) mass is 360 g/mol. The molecule has 0 aliphatic carbocycles. The van der Waals surface area contributed by atoms with E-state index in [0.29, 0.717) is 36.3 Å². The summed E-state index contributed by atoms with van der Waals surface area (Å²) in [5.41, 5.74) is 2.02. The van der Waals surface area contributed by atoms with Crippen LogP contribution in [0.15, 0.2) is 48.5 Å². The van der Waals surface area contributed by atoms with Crippen LogP contribution in [-0.4, -0.2) is 19.2 Å². The van der Waals surface area contributed by atoms with E-state index >= 15 is 0 Å². The molecule has 0 saturated carbocycles. The second-order valence-corrected chi connectivity index (χ2v) is 6.32. The van der Waals surface area contributed by atoms with Gasteiger partial charge in [0.2, 0.25) is 0 Å². The van der Waals surface area contributed by atoms with E-state index < -0.39 is 0 Å². The summed E-state index contributed by atoms with van der Waals surface area (Å²) in [6.45, 7) is 5.32. The fraction of sp³-hybridized carbons (Fsp3) is 0.350. The molecule has 2 rings (SSSR count). The molecule has 4 nitrogen and oxygen atoms in total. The van der Waals surface area contributed by atoms with Gasteiger partial charge in [-0.1, -0.05) is 55.8 Å². The van der Waals surface area contributed by atoms with Gasteiger partial charge in [-0.3, -0.25) is 0 Å². The van der Waals surface area contributed by atoms with Gasteiger partial charge in [0.1, 0.15) is 5.75 Å². The summed E-state index contributed by atoms with van der Waals surface area (Å²) in [7, 11) is 0. The maximum Gasteiger partial charge on any atom is 0.319 e. The Morgan fingerprint density at radius 3 is 2.64 bits per heavy atom. The Balaban J connectivity index is 1.74.